The number of pyridine rings is 1. The maximum absolute atomic E-state index is 12.4. The number of hydrogen-bond acceptors (Lipinski definition) is 4. The zero-order valence-electron chi connectivity index (χ0n) is 13.9. The number of carbonyl (C=O) groups is 2. The van der Waals surface area contributed by atoms with E-state index in [0.717, 1.165) is 5.56 Å². The third-order valence-corrected chi connectivity index (χ3v) is 3.64. The highest BCUT2D eigenvalue weighted by Gasteiger charge is 2.21. The highest BCUT2D eigenvalue weighted by molar-refractivity contribution is 6.39. The van der Waals surface area contributed by atoms with E-state index in [4.69, 9.17) is 4.74 Å². The SMILES string of the molecule is CCN(CCc1ccncc1)C(=O)C(=O)Nc1ccccc1OC. The highest BCUT2D eigenvalue weighted by Crippen LogP contribution is 2.22. The van der Waals surface area contributed by atoms with Crippen LogP contribution in [0.4, 0.5) is 5.69 Å². The largest absolute Gasteiger partial charge is 0.495 e. The fourth-order valence-corrected chi connectivity index (χ4v) is 2.28. The van der Waals surface area contributed by atoms with Crippen LogP contribution in [-0.4, -0.2) is 41.9 Å². The van der Waals surface area contributed by atoms with Crippen LogP contribution in [0.1, 0.15) is 12.5 Å². The molecule has 0 saturated carbocycles. The summed E-state index contributed by atoms with van der Waals surface area (Å²) in [5.41, 5.74) is 1.55. The number of aromatic nitrogens is 1. The summed E-state index contributed by atoms with van der Waals surface area (Å²) in [6.45, 7) is 2.78. The summed E-state index contributed by atoms with van der Waals surface area (Å²) in [5.74, 6) is -0.716. The molecule has 0 unspecified atom stereocenters. The van der Waals surface area contributed by atoms with Crippen LogP contribution in [0.2, 0.25) is 0 Å². The predicted octanol–water partition coefficient (Wildman–Crippen LogP) is 2.12. The Bertz CT molecular complexity index is 689. The molecule has 0 aliphatic rings. The van der Waals surface area contributed by atoms with Crippen molar-refractivity contribution in [3.8, 4) is 5.75 Å². The Hall–Kier alpha value is -2.89. The molecule has 6 nitrogen and oxygen atoms in total. The monoisotopic (exact) mass is 327 g/mol. The standard InChI is InChI=1S/C18H21N3O3/c1-3-21(13-10-14-8-11-19-12-9-14)18(23)17(22)20-15-6-4-5-7-16(15)24-2/h4-9,11-12H,3,10,13H2,1-2H3,(H,20,22). The first kappa shape index (κ1) is 17.5. The molecule has 0 radical (unpaired) electrons. The molecule has 0 bridgehead atoms. The number of carbonyl (C=O) groups excluding carboxylic acids is 2. The van der Waals surface area contributed by atoms with E-state index in [0.29, 0.717) is 30.9 Å². The van der Waals surface area contributed by atoms with E-state index >= 15 is 0 Å². The van der Waals surface area contributed by atoms with Gasteiger partial charge in [0.05, 0.1) is 12.8 Å². The number of likely N-dealkylation sites (N-methyl/N-ethyl adjacent to an activating group) is 1. The van der Waals surface area contributed by atoms with Gasteiger partial charge in [0.2, 0.25) is 0 Å². The normalized spacial score (nSPS) is 10.1. The fourth-order valence-electron chi connectivity index (χ4n) is 2.28. The first-order chi connectivity index (χ1) is 11.7. The van der Waals surface area contributed by atoms with Gasteiger partial charge in [-0.2, -0.15) is 0 Å². The second-order valence-corrected chi connectivity index (χ2v) is 5.14. The molecule has 2 rings (SSSR count). The van der Waals surface area contributed by atoms with Gasteiger partial charge in [-0.25, -0.2) is 0 Å². The third-order valence-electron chi connectivity index (χ3n) is 3.64. The van der Waals surface area contributed by atoms with Crippen LogP contribution in [0.15, 0.2) is 48.8 Å². The van der Waals surface area contributed by atoms with Crippen LogP contribution in [-0.2, 0) is 16.0 Å². The van der Waals surface area contributed by atoms with Crippen LogP contribution in [0.5, 0.6) is 5.75 Å². The van der Waals surface area contributed by atoms with E-state index in [9.17, 15) is 9.59 Å². The van der Waals surface area contributed by atoms with Gasteiger partial charge >= 0.3 is 11.8 Å². The minimum atomic E-state index is -0.670. The lowest BCUT2D eigenvalue weighted by atomic mass is 10.2. The number of methoxy groups -OCH3 is 1. The van der Waals surface area contributed by atoms with Crippen molar-refractivity contribution in [3.05, 3.63) is 54.4 Å². The molecule has 2 amide bonds. The molecule has 0 aliphatic carbocycles. The van der Waals surface area contributed by atoms with Crippen LogP contribution < -0.4 is 10.1 Å². The Kier molecular flexibility index (Phi) is 6.31. The van der Waals surface area contributed by atoms with Crippen molar-refractivity contribution in [2.45, 2.75) is 13.3 Å². The number of amides is 2. The summed E-state index contributed by atoms with van der Waals surface area (Å²) in [6.07, 6.45) is 4.09. The molecule has 2 aromatic rings. The van der Waals surface area contributed by atoms with Crippen LogP contribution in [0, 0.1) is 0 Å². The lowest BCUT2D eigenvalue weighted by Crippen LogP contribution is -2.40. The average Bonchev–Trinajstić information content (AvgIpc) is 2.63. The van der Waals surface area contributed by atoms with Crippen molar-refractivity contribution in [2.75, 3.05) is 25.5 Å². The summed E-state index contributed by atoms with van der Waals surface area (Å²) < 4.78 is 5.17. The average molecular weight is 327 g/mol. The molecule has 126 valence electrons. The smallest absolute Gasteiger partial charge is 0.314 e. The molecule has 24 heavy (non-hydrogen) atoms. The van der Waals surface area contributed by atoms with Gasteiger partial charge in [0.25, 0.3) is 0 Å². The Balaban J connectivity index is 1.98. The zero-order chi connectivity index (χ0) is 17.4. The fraction of sp³-hybridized carbons (Fsp3) is 0.278. The third kappa shape index (κ3) is 4.55. The molecule has 0 fully saturated rings. The maximum atomic E-state index is 12.4. The van der Waals surface area contributed by atoms with Crippen molar-refractivity contribution in [1.29, 1.82) is 0 Å². The van der Waals surface area contributed by atoms with Gasteiger partial charge in [-0.05, 0) is 43.2 Å². The molecule has 1 N–H and O–H groups in total. The molecular weight excluding hydrogens is 306 g/mol. The molecule has 1 aromatic heterocycles. The Morgan fingerprint density at radius 1 is 1.17 bits per heavy atom. The highest BCUT2D eigenvalue weighted by atomic mass is 16.5. The number of nitrogens with zero attached hydrogens (tertiary/aromatic N) is 2. The van der Waals surface area contributed by atoms with E-state index in [1.807, 2.05) is 19.1 Å². The zero-order valence-corrected chi connectivity index (χ0v) is 13.9. The minimum absolute atomic E-state index is 0.462. The maximum Gasteiger partial charge on any atom is 0.314 e. The number of benzene rings is 1. The molecule has 6 heteroatoms. The van der Waals surface area contributed by atoms with E-state index in [2.05, 4.69) is 10.3 Å². The van der Waals surface area contributed by atoms with E-state index in [1.165, 1.54) is 12.0 Å². The van der Waals surface area contributed by atoms with Gasteiger partial charge in [-0.3, -0.25) is 14.6 Å². The van der Waals surface area contributed by atoms with Gasteiger partial charge < -0.3 is 15.0 Å². The lowest BCUT2D eigenvalue weighted by molar-refractivity contribution is -0.143. The lowest BCUT2D eigenvalue weighted by Gasteiger charge is -2.20. The van der Waals surface area contributed by atoms with Crippen molar-refractivity contribution < 1.29 is 14.3 Å². The van der Waals surface area contributed by atoms with E-state index in [1.54, 1.807) is 36.7 Å². The molecule has 0 saturated heterocycles. The molecule has 0 spiro atoms. The van der Waals surface area contributed by atoms with E-state index < -0.39 is 11.8 Å². The topological polar surface area (TPSA) is 71.5 Å². The van der Waals surface area contributed by atoms with Crippen molar-refractivity contribution in [3.63, 3.8) is 0 Å². The van der Waals surface area contributed by atoms with Crippen molar-refractivity contribution >= 4 is 17.5 Å². The van der Waals surface area contributed by atoms with Gasteiger partial charge in [-0.1, -0.05) is 12.1 Å². The Morgan fingerprint density at radius 3 is 2.54 bits per heavy atom. The van der Waals surface area contributed by atoms with Gasteiger partial charge in [0, 0.05) is 25.5 Å². The van der Waals surface area contributed by atoms with Crippen molar-refractivity contribution in [2.24, 2.45) is 0 Å². The number of hydrogen-bond donors (Lipinski definition) is 1. The second kappa shape index (κ2) is 8.67. The number of para-hydroxylation sites is 2. The number of ether oxygens (including phenoxy) is 1. The van der Waals surface area contributed by atoms with Gasteiger partial charge in [-0.15, -0.1) is 0 Å². The quantitative estimate of drug-likeness (QED) is 0.825. The Labute approximate surface area is 141 Å². The molecule has 0 atom stereocenters. The molecule has 1 heterocycles. The number of nitrogens with one attached hydrogen (secondary N) is 1. The first-order valence-corrected chi connectivity index (χ1v) is 7.78. The van der Waals surface area contributed by atoms with Gasteiger partial charge in [0.1, 0.15) is 5.75 Å². The Morgan fingerprint density at radius 2 is 1.88 bits per heavy atom. The van der Waals surface area contributed by atoms with Crippen LogP contribution in [0.25, 0.3) is 0 Å². The summed E-state index contributed by atoms with van der Waals surface area (Å²) in [6, 6.07) is 10.8. The van der Waals surface area contributed by atoms with Crippen molar-refractivity contribution in [1.82, 2.24) is 9.88 Å². The van der Waals surface area contributed by atoms with Crippen LogP contribution in [0.3, 0.4) is 0 Å². The summed E-state index contributed by atoms with van der Waals surface area (Å²) >= 11 is 0. The van der Waals surface area contributed by atoms with Gasteiger partial charge in [0.15, 0.2) is 0 Å². The second-order valence-electron chi connectivity index (χ2n) is 5.14. The summed E-state index contributed by atoms with van der Waals surface area (Å²) in [5, 5.41) is 2.61. The first-order valence-electron chi connectivity index (χ1n) is 7.78. The molecule has 1 aromatic carbocycles. The predicted molar refractivity (Wildman–Crippen MR) is 91.8 cm³/mol. The van der Waals surface area contributed by atoms with Crippen LogP contribution >= 0.6 is 0 Å². The summed E-state index contributed by atoms with van der Waals surface area (Å²) in [4.78, 5) is 30.1. The van der Waals surface area contributed by atoms with E-state index in [-0.39, 0.29) is 0 Å². The minimum Gasteiger partial charge on any atom is -0.495 e. The number of rotatable bonds is 6. The summed E-state index contributed by atoms with van der Waals surface area (Å²) in [7, 11) is 1.51. The molecule has 0 aliphatic heterocycles. The number of anilines is 1. The molecular formula is C18H21N3O3.